The third-order valence-electron chi connectivity index (χ3n) is 2.75. The van der Waals surface area contributed by atoms with Crippen LogP contribution in [0.4, 0.5) is 10.5 Å². The summed E-state index contributed by atoms with van der Waals surface area (Å²) in [4.78, 5) is 36.3. The molecular weight excluding hydrogens is 470 g/mol. The number of carbonyl (C=O) groups is 2. The van der Waals surface area contributed by atoms with E-state index in [9.17, 15) is 9.59 Å². The number of primary amides is 2. The summed E-state index contributed by atoms with van der Waals surface area (Å²) >= 11 is 6.54. The van der Waals surface area contributed by atoms with Crippen molar-refractivity contribution in [2.24, 2.45) is 11.5 Å². The van der Waals surface area contributed by atoms with Gasteiger partial charge in [-0.05, 0) is 30.3 Å². The number of aldehydes is 1. The van der Waals surface area contributed by atoms with Crippen LogP contribution in [0.15, 0.2) is 56.3 Å². The molecular formula is C16H15Br2N5O3. The van der Waals surface area contributed by atoms with Crippen LogP contribution in [0.3, 0.4) is 0 Å². The molecule has 0 atom stereocenters. The number of nitrogen functional groups attached to an aromatic ring is 1. The molecule has 0 spiro atoms. The lowest BCUT2D eigenvalue weighted by atomic mass is 10.2. The van der Waals surface area contributed by atoms with E-state index in [0.29, 0.717) is 11.3 Å². The molecule has 0 aliphatic rings. The Labute approximate surface area is 165 Å². The first-order valence-electron chi connectivity index (χ1n) is 6.92. The van der Waals surface area contributed by atoms with Crippen LogP contribution in [0.25, 0.3) is 10.9 Å². The predicted molar refractivity (Wildman–Crippen MR) is 108 cm³/mol. The van der Waals surface area contributed by atoms with Gasteiger partial charge >= 0.3 is 11.7 Å². The first-order chi connectivity index (χ1) is 12.2. The SMILES string of the molecule is NC(N)=O.Nc1cc(Br)ccc1C=O.O=c1ncc2ccc(Br)cc2[nH]1. The number of nitrogens with zero attached hydrogens (tertiary/aromatic N) is 1. The Hall–Kier alpha value is -2.72. The second-order valence-corrected chi connectivity index (χ2v) is 6.54. The van der Waals surface area contributed by atoms with Crippen molar-refractivity contribution in [2.75, 3.05) is 5.73 Å². The molecule has 0 aliphatic carbocycles. The molecule has 136 valence electrons. The summed E-state index contributed by atoms with van der Waals surface area (Å²) in [5.41, 5.74) is 15.5. The Bertz CT molecular complexity index is 972. The molecule has 0 saturated carbocycles. The molecule has 3 rings (SSSR count). The number of hydrogen-bond acceptors (Lipinski definition) is 5. The van der Waals surface area contributed by atoms with Crippen molar-refractivity contribution in [2.45, 2.75) is 0 Å². The first kappa shape index (κ1) is 21.3. The topological polar surface area (TPSA) is 158 Å². The Kier molecular flexibility index (Phi) is 8.46. The smallest absolute Gasteiger partial charge is 0.345 e. The number of amides is 2. The van der Waals surface area contributed by atoms with Crippen molar-refractivity contribution in [3.63, 3.8) is 0 Å². The van der Waals surface area contributed by atoms with Gasteiger partial charge < -0.3 is 22.2 Å². The van der Waals surface area contributed by atoms with E-state index in [1.54, 1.807) is 24.4 Å². The highest BCUT2D eigenvalue weighted by molar-refractivity contribution is 9.10. The number of nitrogens with two attached hydrogens (primary N) is 3. The lowest BCUT2D eigenvalue weighted by Crippen LogP contribution is -2.18. The standard InChI is InChI=1S/C8H5BrN2O.C7H6BrNO.CH4N2O/c9-6-2-1-5-4-10-8(12)11-7(5)3-6;8-6-2-1-5(4-10)7(9)3-6;2-1(3)4/h1-4H,(H,10,11,12);1-4H,9H2;(H4,2,3,4). The number of aromatic nitrogens is 2. The van der Waals surface area contributed by atoms with Gasteiger partial charge in [-0.25, -0.2) is 14.6 Å². The number of benzene rings is 2. The van der Waals surface area contributed by atoms with E-state index >= 15 is 0 Å². The zero-order valence-electron chi connectivity index (χ0n) is 13.3. The zero-order chi connectivity index (χ0) is 19.7. The van der Waals surface area contributed by atoms with Gasteiger partial charge in [0.25, 0.3) is 0 Å². The van der Waals surface area contributed by atoms with Crippen LogP contribution in [0.2, 0.25) is 0 Å². The molecule has 10 heteroatoms. The molecule has 1 heterocycles. The fourth-order valence-corrected chi connectivity index (χ4v) is 2.42. The molecule has 7 N–H and O–H groups in total. The van der Waals surface area contributed by atoms with E-state index in [1.165, 1.54) is 0 Å². The quantitative estimate of drug-likeness (QED) is 0.308. The van der Waals surface area contributed by atoms with Crippen LogP contribution in [-0.4, -0.2) is 22.3 Å². The summed E-state index contributed by atoms with van der Waals surface area (Å²) in [6, 6.07) is 9.96. The van der Waals surface area contributed by atoms with Crippen LogP contribution in [0, 0.1) is 0 Å². The van der Waals surface area contributed by atoms with Gasteiger partial charge in [-0.15, -0.1) is 0 Å². The van der Waals surface area contributed by atoms with Gasteiger partial charge in [0.1, 0.15) is 0 Å². The Balaban J connectivity index is 0.000000220. The molecule has 0 radical (unpaired) electrons. The molecule has 0 fully saturated rings. The fourth-order valence-electron chi connectivity index (χ4n) is 1.68. The highest BCUT2D eigenvalue weighted by atomic mass is 79.9. The second kappa shape index (κ2) is 10.3. The Morgan fingerprint density at radius 3 is 2.23 bits per heavy atom. The molecule has 26 heavy (non-hydrogen) atoms. The number of rotatable bonds is 1. The van der Waals surface area contributed by atoms with Crippen molar-refractivity contribution in [3.05, 3.63) is 67.6 Å². The molecule has 0 aliphatic heterocycles. The Morgan fingerprint density at radius 1 is 1.08 bits per heavy atom. The maximum absolute atomic E-state index is 10.8. The van der Waals surface area contributed by atoms with Gasteiger partial charge in [-0.1, -0.05) is 37.9 Å². The van der Waals surface area contributed by atoms with Crippen LogP contribution >= 0.6 is 31.9 Å². The highest BCUT2D eigenvalue weighted by Crippen LogP contribution is 2.16. The van der Waals surface area contributed by atoms with E-state index in [4.69, 9.17) is 10.5 Å². The fraction of sp³-hybridized carbons (Fsp3) is 0. The minimum Gasteiger partial charge on any atom is -0.398 e. The van der Waals surface area contributed by atoms with E-state index in [1.807, 2.05) is 18.2 Å². The number of H-pyrrole nitrogens is 1. The van der Waals surface area contributed by atoms with Gasteiger partial charge in [-0.2, -0.15) is 0 Å². The summed E-state index contributed by atoms with van der Waals surface area (Å²) in [5.74, 6) is 0. The van der Waals surface area contributed by atoms with Gasteiger partial charge in [-0.3, -0.25) is 4.79 Å². The normalized spacial score (nSPS) is 9.31. The molecule has 0 saturated heterocycles. The maximum Gasteiger partial charge on any atom is 0.345 e. The number of aromatic amines is 1. The van der Waals surface area contributed by atoms with Crippen LogP contribution < -0.4 is 22.9 Å². The third kappa shape index (κ3) is 7.45. The predicted octanol–water partition coefficient (Wildman–Crippen LogP) is 2.55. The minimum absolute atomic E-state index is 0.319. The summed E-state index contributed by atoms with van der Waals surface area (Å²) in [6.07, 6.45) is 2.29. The second-order valence-electron chi connectivity index (χ2n) is 4.71. The van der Waals surface area contributed by atoms with Gasteiger partial charge in [0.05, 0.1) is 5.52 Å². The number of nitrogens with one attached hydrogen (secondary N) is 1. The number of urea groups is 1. The number of halogens is 2. The monoisotopic (exact) mass is 483 g/mol. The molecule has 2 aromatic carbocycles. The van der Waals surface area contributed by atoms with Gasteiger partial charge in [0, 0.05) is 31.8 Å². The largest absolute Gasteiger partial charge is 0.398 e. The number of fused-ring (bicyclic) bond motifs is 1. The van der Waals surface area contributed by atoms with E-state index in [-0.39, 0.29) is 5.69 Å². The number of anilines is 1. The lowest BCUT2D eigenvalue weighted by Gasteiger charge is -1.96. The first-order valence-corrected chi connectivity index (χ1v) is 8.51. The van der Waals surface area contributed by atoms with Crippen molar-refractivity contribution in [1.82, 2.24) is 9.97 Å². The Morgan fingerprint density at radius 2 is 1.65 bits per heavy atom. The van der Waals surface area contributed by atoms with E-state index < -0.39 is 6.03 Å². The van der Waals surface area contributed by atoms with Gasteiger partial charge in [0.15, 0.2) is 6.29 Å². The van der Waals surface area contributed by atoms with Crippen molar-refractivity contribution >= 4 is 60.8 Å². The van der Waals surface area contributed by atoms with Crippen molar-refractivity contribution in [3.8, 4) is 0 Å². The summed E-state index contributed by atoms with van der Waals surface area (Å²) in [6.45, 7) is 0. The van der Waals surface area contributed by atoms with Gasteiger partial charge in [0.2, 0.25) is 0 Å². The molecule has 1 aromatic heterocycles. The molecule has 8 nitrogen and oxygen atoms in total. The molecule has 0 unspecified atom stereocenters. The maximum atomic E-state index is 10.8. The van der Waals surface area contributed by atoms with Crippen LogP contribution in [0.5, 0.6) is 0 Å². The van der Waals surface area contributed by atoms with Crippen molar-refractivity contribution in [1.29, 1.82) is 0 Å². The van der Waals surface area contributed by atoms with Crippen LogP contribution in [0.1, 0.15) is 10.4 Å². The zero-order valence-corrected chi connectivity index (χ0v) is 16.5. The number of hydrogen-bond donors (Lipinski definition) is 4. The van der Waals surface area contributed by atoms with E-state index in [2.05, 4.69) is 53.3 Å². The minimum atomic E-state index is -0.833. The van der Waals surface area contributed by atoms with Crippen molar-refractivity contribution < 1.29 is 9.59 Å². The average Bonchev–Trinajstić information content (AvgIpc) is 2.54. The molecule has 3 aromatic rings. The van der Waals surface area contributed by atoms with Crippen LogP contribution in [-0.2, 0) is 0 Å². The third-order valence-corrected chi connectivity index (χ3v) is 3.74. The lowest BCUT2D eigenvalue weighted by molar-refractivity contribution is 0.112. The summed E-state index contributed by atoms with van der Waals surface area (Å²) in [5, 5.41) is 0.929. The highest BCUT2D eigenvalue weighted by Gasteiger charge is 1.96. The summed E-state index contributed by atoms with van der Waals surface area (Å²) < 4.78 is 1.83. The summed E-state index contributed by atoms with van der Waals surface area (Å²) in [7, 11) is 0. The average molecular weight is 485 g/mol. The molecule has 0 bridgehead atoms. The van der Waals surface area contributed by atoms with E-state index in [0.717, 1.165) is 26.1 Å². The number of carbonyl (C=O) groups excluding carboxylic acids is 2. The molecule has 2 amide bonds.